The van der Waals surface area contributed by atoms with Gasteiger partial charge in [-0.1, -0.05) is 20.8 Å². The van der Waals surface area contributed by atoms with E-state index in [2.05, 4.69) is 20.8 Å². The van der Waals surface area contributed by atoms with E-state index in [0.29, 0.717) is 17.1 Å². The van der Waals surface area contributed by atoms with E-state index in [4.69, 9.17) is 0 Å². The Hall–Kier alpha value is -0.330. The molecule has 0 bridgehead atoms. The number of carbonyl (C=O) groups is 1. The summed E-state index contributed by atoms with van der Waals surface area (Å²) in [5.74, 6) is 1.10. The van der Waals surface area contributed by atoms with Gasteiger partial charge >= 0.3 is 0 Å². The Balaban J connectivity index is 2.53. The van der Waals surface area contributed by atoms with Crippen LogP contribution in [0.15, 0.2) is 0 Å². The normalized spacial score (nSPS) is 27.2. The lowest BCUT2D eigenvalue weighted by Gasteiger charge is -2.32. The molecule has 0 radical (unpaired) electrons. The predicted octanol–water partition coefficient (Wildman–Crippen LogP) is 2.79. The van der Waals surface area contributed by atoms with Crippen LogP contribution in [0.2, 0.25) is 0 Å². The first kappa shape index (κ1) is 8.76. The van der Waals surface area contributed by atoms with Gasteiger partial charge in [0.05, 0.1) is 0 Å². The molecule has 0 unspecified atom stereocenters. The lowest BCUT2D eigenvalue weighted by Crippen LogP contribution is -2.26. The molecule has 1 fully saturated rings. The molecule has 0 aromatic carbocycles. The molecule has 0 aliphatic heterocycles. The van der Waals surface area contributed by atoms with Crippen LogP contribution in [-0.4, -0.2) is 5.78 Å². The molecule has 0 N–H and O–H groups in total. The number of carbonyl (C=O) groups excluding carboxylic acids is 1. The number of hydrogen-bond donors (Lipinski definition) is 0. The number of hydrogen-bond acceptors (Lipinski definition) is 1. The van der Waals surface area contributed by atoms with Crippen LogP contribution in [0.3, 0.4) is 0 Å². The van der Waals surface area contributed by atoms with Gasteiger partial charge in [-0.3, -0.25) is 4.79 Å². The summed E-state index contributed by atoms with van der Waals surface area (Å²) in [7, 11) is 0. The van der Waals surface area contributed by atoms with Crippen molar-refractivity contribution in [1.82, 2.24) is 0 Å². The Bertz CT molecular complexity index is 153. The van der Waals surface area contributed by atoms with Crippen LogP contribution in [0.25, 0.3) is 0 Å². The Kier molecular flexibility index (Phi) is 2.36. The van der Waals surface area contributed by atoms with Crippen LogP contribution in [0.5, 0.6) is 0 Å². The van der Waals surface area contributed by atoms with E-state index < -0.39 is 0 Å². The summed E-state index contributed by atoms with van der Waals surface area (Å²) in [5.41, 5.74) is 0.329. The average Bonchev–Trinajstić information content (AvgIpc) is 1.86. The van der Waals surface area contributed by atoms with Gasteiger partial charge in [0.2, 0.25) is 0 Å². The molecule has 1 heteroatoms. The topological polar surface area (TPSA) is 17.1 Å². The minimum Gasteiger partial charge on any atom is -0.300 e. The van der Waals surface area contributed by atoms with E-state index in [9.17, 15) is 4.79 Å². The Morgan fingerprint density at radius 2 is 2.00 bits per heavy atom. The van der Waals surface area contributed by atoms with E-state index in [1.807, 2.05) is 0 Å². The highest BCUT2D eigenvalue weighted by molar-refractivity contribution is 5.79. The summed E-state index contributed by atoms with van der Waals surface area (Å²) in [6.07, 6.45) is 4.01. The molecular formula is C10H18O. The molecule has 1 aliphatic rings. The Morgan fingerprint density at radius 3 is 2.36 bits per heavy atom. The molecule has 1 rings (SSSR count). The van der Waals surface area contributed by atoms with Crippen LogP contribution >= 0.6 is 0 Å². The van der Waals surface area contributed by atoms with Crippen LogP contribution in [0, 0.1) is 11.3 Å². The maximum Gasteiger partial charge on any atom is 0.133 e. The molecular weight excluding hydrogens is 136 g/mol. The van der Waals surface area contributed by atoms with E-state index >= 15 is 0 Å². The van der Waals surface area contributed by atoms with Crippen molar-refractivity contribution in [2.75, 3.05) is 0 Å². The van der Waals surface area contributed by atoms with Crippen molar-refractivity contribution in [2.24, 2.45) is 11.3 Å². The van der Waals surface area contributed by atoms with Gasteiger partial charge in [-0.25, -0.2) is 0 Å². The van der Waals surface area contributed by atoms with Gasteiger partial charge in [0.25, 0.3) is 0 Å². The fourth-order valence-electron chi connectivity index (χ4n) is 1.76. The third-order valence-corrected chi connectivity index (χ3v) is 2.71. The van der Waals surface area contributed by atoms with E-state index in [1.54, 1.807) is 0 Å². The summed E-state index contributed by atoms with van der Waals surface area (Å²) >= 11 is 0. The second kappa shape index (κ2) is 2.96. The highest BCUT2D eigenvalue weighted by atomic mass is 16.1. The van der Waals surface area contributed by atoms with Crippen LogP contribution in [0.1, 0.15) is 46.5 Å². The van der Waals surface area contributed by atoms with E-state index in [-0.39, 0.29) is 0 Å². The van der Waals surface area contributed by atoms with Gasteiger partial charge in [-0.2, -0.15) is 0 Å². The average molecular weight is 154 g/mol. The van der Waals surface area contributed by atoms with Crippen molar-refractivity contribution in [3.63, 3.8) is 0 Å². The minimum absolute atomic E-state index is 0.329. The lowest BCUT2D eigenvalue weighted by molar-refractivity contribution is -0.122. The Labute approximate surface area is 69.2 Å². The van der Waals surface area contributed by atoms with Gasteiger partial charge in [0.1, 0.15) is 5.78 Å². The highest BCUT2D eigenvalue weighted by Gasteiger charge is 2.29. The number of Topliss-reactive ketones (excluding diaryl/α,β-unsaturated/α-hetero) is 1. The fourth-order valence-corrected chi connectivity index (χ4v) is 1.76. The van der Waals surface area contributed by atoms with Crippen LogP contribution in [0.4, 0.5) is 0 Å². The van der Waals surface area contributed by atoms with Crippen molar-refractivity contribution in [3.8, 4) is 0 Å². The summed E-state index contributed by atoms with van der Waals surface area (Å²) in [6, 6.07) is 0. The lowest BCUT2D eigenvalue weighted by atomic mass is 9.72. The molecule has 1 aliphatic carbocycles. The molecule has 0 saturated heterocycles. The molecule has 1 saturated carbocycles. The predicted molar refractivity (Wildman–Crippen MR) is 46.4 cm³/mol. The van der Waals surface area contributed by atoms with Crippen LogP contribution in [-0.2, 0) is 4.79 Å². The largest absolute Gasteiger partial charge is 0.300 e. The van der Waals surface area contributed by atoms with Crippen LogP contribution < -0.4 is 0 Å². The fraction of sp³-hybridized carbons (Fsp3) is 0.900. The molecule has 0 aromatic heterocycles. The van der Waals surface area contributed by atoms with Crippen molar-refractivity contribution in [2.45, 2.75) is 46.5 Å². The summed E-state index contributed by atoms with van der Waals surface area (Å²) < 4.78 is 0. The summed E-state index contributed by atoms with van der Waals surface area (Å²) in [6.45, 7) is 6.70. The van der Waals surface area contributed by atoms with Gasteiger partial charge in [-0.15, -0.1) is 0 Å². The molecule has 0 aromatic rings. The first-order valence-electron chi connectivity index (χ1n) is 4.52. The third kappa shape index (κ3) is 2.32. The smallest absolute Gasteiger partial charge is 0.133 e. The second-order valence-electron chi connectivity index (χ2n) is 4.70. The molecule has 0 amide bonds. The maximum absolute atomic E-state index is 11.1. The van der Waals surface area contributed by atoms with E-state index in [1.165, 1.54) is 6.42 Å². The van der Waals surface area contributed by atoms with Crippen molar-refractivity contribution < 1.29 is 4.79 Å². The monoisotopic (exact) mass is 154 g/mol. The van der Waals surface area contributed by atoms with Crippen molar-refractivity contribution >= 4 is 5.78 Å². The van der Waals surface area contributed by atoms with Crippen molar-refractivity contribution in [3.05, 3.63) is 0 Å². The third-order valence-electron chi connectivity index (χ3n) is 2.71. The Morgan fingerprint density at radius 1 is 1.36 bits per heavy atom. The minimum atomic E-state index is 0.329. The van der Waals surface area contributed by atoms with Gasteiger partial charge in [0.15, 0.2) is 0 Å². The SMILES string of the molecule is CC(C)(C)[C@H]1CCCC(=O)C1. The molecule has 1 nitrogen and oxygen atoms in total. The zero-order chi connectivity index (χ0) is 8.48. The molecule has 11 heavy (non-hydrogen) atoms. The molecule has 64 valence electrons. The first-order valence-corrected chi connectivity index (χ1v) is 4.52. The number of rotatable bonds is 0. The van der Waals surface area contributed by atoms with E-state index in [0.717, 1.165) is 19.3 Å². The first-order chi connectivity index (χ1) is 5.00. The van der Waals surface area contributed by atoms with Gasteiger partial charge in [-0.05, 0) is 24.2 Å². The second-order valence-corrected chi connectivity index (χ2v) is 4.70. The van der Waals surface area contributed by atoms with Crippen molar-refractivity contribution in [1.29, 1.82) is 0 Å². The highest BCUT2D eigenvalue weighted by Crippen LogP contribution is 2.36. The molecule has 0 spiro atoms. The maximum atomic E-state index is 11.1. The van der Waals surface area contributed by atoms with Gasteiger partial charge < -0.3 is 0 Å². The quantitative estimate of drug-likeness (QED) is 0.524. The zero-order valence-corrected chi connectivity index (χ0v) is 7.81. The molecule has 1 atom stereocenters. The molecule has 0 heterocycles. The summed E-state index contributed by atoms with van der Waals surface area (Å²) in [5, 5.41) is 0. The van der Waals surface area contributed by atoms with Gasteiger partial charge in [0, 0.05) is 12.8 Å². The zero-order valence-electron chi connectivity index (χ0n) is 7.81. The standard InChI is InChI=1S/C10H18O/c1-10(2,3)8-5-4-6-9(11)7-8/h8H,4-7H2,1-3H3/t8-/m0/s1. The summed E-state index contributed by atoms with van der Waals surface area (Å²) in [4.78, 5) is 11.1. The number of ketones is 1.